The largest absolute Gasteiger partial charge is 0.466 e. The first-order valence-electron chi connectivity index (χ1n) is 7.47. The Morgan fingerprint density at radius 2 is 1.57 bits per heavy atom. The van der Waals surface area contributed by atoms with Gasteiger partial charge in [0, 0.05) is 12.0 Å². The first-order chi connectivity index (χ1) is 9.66. The number of ketones is 1. The summed E-state index contributed by atoms with van der Waals surface area (Å²) in [5.41, 5.74) is 3.98. The standard InChI is InChI=1S/C18H26O3/c1-7-21-16(20)9-8-15(19)17-12(2)10-14(11-13(17)3)18(4,5)6/h10-11H,7-9H2,1-6H3. The summed E-state index contributed by atoms with van der Waals surface area (Å²) in [6.07, 6.45) is 0.349. The zero-order chi connectivity index (χ0) is 16.2. The quantitative estimate of drug-likeness (QED) is 0.605. The summed E-state index contributed by atoms with van der Waals surface area (Å²) in [7, 11) is 0. The number of hydrogen-bond donors (Lipinski definition) is 0. The number of rotatable bonds is 5. The predicted octanol–water partition coefficient (Wildman–Crippen LogP) is 4.13. The molecule has 0 radical (unpaired) electrons. The summed E-state index contributed by atoms with van der Waals surface area (Å²) in [6.45, 7) is 12.5. The van der Waals surface area contributed by atoms with Crippen LogP contribution < -0.4 is 0 Å². The molecule has 0 bridgehead atoms. The van der Waals surface area contributed by atoms with E-state index in [0.717, 1.165) is 16.7 Å². The highest BCUT2D eigenvalue weighted by Gasteiger charge is 2.19. The van der Waals surface area contributed by atoms with Crippen LogP contribution in [0.1, 0.15) is 67.6 Å². The summed E-state index contributed by atoms with van der Waals surface area (Å²) < 4.78 is 4.86. The molecule has 1 rings (SSSR count). The third kappa shape index (κ3) is 4.69. The molecule has 0 aliphatic heterocycles. The molecule has 1 aromatic carbocycles. The minimum atomic E-state index is -0.313. The Hall–Kier alpha value is -1.64. The van der Waals surface area contributed by atoms with Crippen molar-refractivity contribution in [1.29, 1.82) is 0 Å². The Bertz CT molecular complexity index is 513. The number of carbonyl (C=O) groups excluding carboxylic acids is 2. The molecule has 0 aliphatic rings. The van der Waals surface area contributed by atoms with Crippen LogP contribution in [0.15, 0.2) is 12.1 Å². The summed E-state index contributed by atoms with van der Waals surface area (Å²) >= 11 is 0. The van der Waals surface area contributed by atoms with Gasteiger partial charge in [0.05, 0.1) is 13.0 Å². The van der Waals surface area contributed by atoms with E-state index < -0.39 is 0 Å². The van der Waals surface area contributed by atoms with Crippen molar-refractivity contribution >= 4 is 11.8 Å². The van der Waals surface area contributed by atoms with E-state index in [9.17, 15) is 9.59 Å². The van der Waals surface area contributed by atoms with Crippen molar-refractivity contribution in [3.63, 3.8) is 0 Å². The number of ether oxygens (including phenoxy) is 1. The molecule has 0 saturated heterocycles. The predicted molar refractivity (Wildman–Crippen MR) is 84.8 cm³/mol. The highest BCUT2D eigenvalue weighted by atomic mass is 16.5. The first-order valence-corrected chi connectivity index (χ1v) is 7.47. The summed E-state index contributed by atoms with van der Waals surface area (Å²) in [4.78, 5) is 23.7. The van der Waals surface area contributed by atoms with Crippen molar-refractivity contribution in [2.24, 2.45) is 0 Å². The van der Waals surface area contributed by atoms with Gasteiger partial charge in [-0.2, -0.15) is 0 Å². The lowest BCUT2D eigenvalue weighted by molar-refractivity contribution is -0.143. The van der Waals surface area contributed by atoms with Crippen LogP contribution in [0.2, 0.25) is 0 Å². The third-order valence-corrected chi connectivity index (χ3v) is 3.54. The monoisotopic (exact) mass is 290 g/mol. The van der Waals surface area contributed by atoms with E-state index in [0.29, 0.717) is 6.61 Å². The molecule has 0 heterocycles. The molecular formula is C18H26O3. The second-order valence-electron chi connectivity index (χ2n) is 6.46. The van der Waals surface area contributed by atoms with Crippen molar-refractivity contribution in [3.05, 3.63) is 34.4 Å². The molecular weight excluding hydrogens is 264 g/mol. The lowest BCUT2D eigenvalue weighted by Gasteiger charge is -2.22. The Morgan fingerprint density at radius 3 is 2.00 bits per heavy atom. The van der Waals surface area contributed by atoms with Crippen LogP contribution in [-0.2, 0) is 14.9 Å². The fourth-order valence-electron chi connectivity index (χ4n) is 2.41. The first kappa shape index (κ1) is 17.4. The normalized spacial score (nSPS) is 11.3. The van der Waals surface area contributed by atoms with Crippen LogP contribution in [0.3, 0.4) is 0 Å². The van der Waals surface area contributed by atoms with Gasteiger partial charge in [-0.15, -0.1) is 0 Å². The van der Waals surface area contributed by atoms with E-state index in [1.807, 2.05) is 13.8 Å². The lowest BCUT2D eigenvalue weighted by atomic mass is 9.83. The van der Waals surface area contributed by atoms with Crippen LogP contribution >= 0.6 is 0 Å². The Kier molecular flexibility index (Phi) is 5.70. The van der Waals surface area contributed by atoms with Crippen molar-refractivity contribution in [3.8, 4) is 0 Å². The average Bonchev–Trinajstić information content (AvgIpc) is 2.34. The molecule has 1 aromatic rings. The third-order valence-electron chi connectivity index (χ3n) is 3.54. The molecule has 0 amide bonds. The Labute approximate surface area is 127 Å². The van der Waals surface area contributed by atoms with E-state index in [4.69, 9.17) is 4.74 Å². The van der Waals surface area contributed by atoms with Crippen LogP contribution in [0.4, 0.5) is 0 Å². The van der Waals surface area contributed by atoms with Gasteiger partial charge in [0.25, 0.3) is 0 Å². The van der Waals surface area contributed by atoms with Gasteiger partial charge in [-0.3, -0.25) is 9.59 Å². The minimum absolute atomic E-state index is 0.0125. The maximum Gasteiger partial charge on any atom is 0.306 e. The number of benzene rings is 1. The molecule has 0 unspecified atom stereocenters. The highest BCUT2D eigenvalue weighted by Crippen LogP contribution is 2.27. The van der Waals surface area contributed by atoms with E-state index in [1.54, 1.807) is 6.92 Å². The lowest BCUT2D eigenvalue weighted by Crippen LogP contribution is -2.15. The van der Waals surface area contributed by atoms with Crippen LogP contribution in [0.25, 0.3) is 0 Å². The maximum atomic E-state index is 12.3. The molecule has 0 atom stereocenters. The van der Waals surface area contributed by atoms with Gasteiger partial charge in [-0.05, 0) is 42.9 Å². The van der Waals surface area contributed by atoms with Gasteiger partial charge >= 0.3 is 5.97 Å². The fourth-order valence-corrected chi connectivity index (χ4v) is 2.41. The molecule has 0 saturated carbocycles. The second kappa shape index (κ2) is 6.88. The summed E-state index contributed by atoms with van der Waals surface area (Å²) in [5, 5.41) is 0. The van der Waals surface area contributed by atoms with E-state index in [-0.39, 0.29) is 30.0 Å². The van der Waals surface area contributed by atoms with Gasteiger partial charge in [0.1, 0.15) is 0 Å². The van der Waals surface area contributed by atoms with Gasteiger partial charge in [0.2, 0.25) is 0 Å². The molecule has 0 aromatic heterocycles. The van der Waals surface area contributed by atoms with Crippen LogP contribution in [-0.4, -0.2) is 18.4 Å². The fraction of sp³-hybridized carbons (Fsp3) is 0.556. The highest BCUT2D eigenvalue weighted by molar-refractivity contribution is 6.00. The average molecular weight is 290 g/mol. The van der Waals surface area contributed by atoms with Gasteiger partial charge in [-0.1, -0.05) is 32.9 Å². The van der Waals surface area contributed by atoms with Crippen molar-refractivity contribution in [1.82, 2.24) is 0 Å². The van der Waals surface area contributed by atoms with Crippen molar-refractivity contribution in [2.75, 3.05) is 6.61 Å². The molecule has 0 N–H and O–H groups in total. The summed E-state index contributed by atoms with van der Waals surface area (Å²) in [5.74, 6) is -0.300. The minimum Gasteiger partial charge on any atom is -0.466 e. The zero-order valence-electron chi connectivity index (χ0n) is 14.0. The van der Waals surface area contributed by atoms with E-state index >= 15 is 0 Å². The van der Waals surface area contributed by atoms with Gasteiger partial charge in [0.15, 0.2) is 5.78 Å². The molecule has 3 nitrogen and oxygen atoms in total. The number of hydrogen-bond acceptors (Lipinski definition) is 3. The van der Waals surface area contributed by atoms with Crippen LogP contribution in [0.5, 0.6) is 0 Å². The number of Topliss-reactive ketones (excluding diaryl/α,β-unsaturated/α-hetero) is 1. The number of esters is 1. The van der Waals surface area contributed by atoms with Gasteiger partial charge in [-0.25, -0.2) is 0 Å². The van der Waals surface area contributed by atoms with Crippen molar-refractivity contribution in [2.45, 2.75) is 59.8 Å². The number of aryl methyl sites for hydroxylation is 2. The van der Waals surface area contributed by atoms with Crippen molar-refractivity contribution < 1.29 is 14.3 Å². The molecule has 0 spiro atoms. The van der Waals surface area contributed by atoms with E-state index in [1.165, 1.54) is 5.56 Å². The maximum absolute atomic E-state index is 12.3. The number of carbonyl (C=O) groups is 2. The Balaban J connectivity index is 2.93. The SMILES string of the molecule is CCOC(=O)CCC(=O)c1c(C)cc(C(C)(C)C)cc1C. The summed E-state index contributed by atoms with van der Waals surface area (Å²) in [6, 6.07) is 4.15. The van der Waals surface area contributed by atoms with E-state index in [2.05, 4.69) is 32.9 Å². The Morgan fingerprint density at radius 1 is 1.05 bits per heavy atom. The van der Waals surface area contributed by atoms with Crippen LogP contribution in [0, 0.1) is 13.8 Å². The molecule has 116 valence electrons. The smallest absolute Gasteiger partial charge is 0.306 e. The molecule has 3 heteroatoms. The van der Waals surface area contributed by atoms with Gasteiger partial charge < -0.3 is 4.74 Å². The zero-order valence-corrected chi connectivity index (χ0v) is 14.0. The molecule has 0 fully saturated rings. The molecule has 0 aliphatic carbocycles. The molecule has 21 heavy (non-hydrogen) atoms. The second-order valence-corrected chi connectivity index (χ2v) is 6.46. The topological polar surface area (TPSA) is 43.4 Å².